The third-order valence-electron chi connectivity index (χ3n) is 2.90. The molecule has 1 amide bonds. The van der Waals surface area contributed by atoms with Crippen molar-refractivity contribution in [1.82, 2.24) is 14.8 Å². The fourth-order valence-corrected chi connectivity index (χ4v) is 1.85. The second kappa shape index (κ2) is 5.46. The number of pyridine rings is 1. The monoisotopic (exact) mass is 279 g/mol. The molecule has 0 unspecified atom stereocenters. The molecular formula is C15H13N5O. The van der Waals surface area contributed by atoms with E-state index in [-0.39, 0.29) is 5.91 Å². The fourth-order valence-electron chi connectivity index (χ4n) is 1.85. The molecule has 0 aliphatic heterocycles. The number of carbonyl (C=O) groups is 1. The van der Waals surface area contributed by atoms with Gasteiger partial charge in [0.15, 0.2) is 5.69 Å². The molecule has 6 nitrogen and oxygen atoms in total. The van der Waals surface area contributed by atoms with Gasteiger partial charge in [-0.3, -0.25) is 9.78 Å². The van der Waals surface area contributed by atoms with Crippen molar-refractivity contribution in [3.8, 4) is 5.69 Å². The number of nitrogens with zero attached hydrogens (tertiary/aromatic N) is 3. The van der Waals surface area contributed by atoms with E-state index in [9.17, 15) is 4.79 Å². The lowest BCUT2D eigenvalue weighted by Crippen LogP contribution is -2.13. The van der Waals surface area contributed by atoms with E-state index in [4.69, 9.17) is 5.73 Å². The molecule has 0 atom stereocenters. The average molecular weight is 279 g/mol. The molecule has 3 N–H and O–H groups in total. The maximum absolute atomic E-state index is 12.1. The van der Waals surface area contributed by atoms with Crippen LogP contribution in [0.4, 0.5) is 11.4 Å². The molecule has 2 aromatic heterocycles. The van der Waals surface area contributed by atoms with Crippen LogP contribution in [0.3, 0.4) is 0 Å². The summed E-state index contributed by atoms with van der Waals surface area (Å²) in [6.45, 7) is 0. The van der Waals surface area contributed by atoms with Crippen LogP contribution in [-0.4, -0.2) is 20.7 Å². The van der Waals surface area contributed by atoms with Crippen LogP contribution in [0, 0.1) is 0 Å². The summed E-state index contributed by atoms with van der Waals surface area (Å²) >= 11 is 0. The Labute approximate surface area is 121 Å². The molecule has 0 saturated carbocycles. The number of nitrogens with one attached hydrogen (secondary N) is 1. The molecule has 0 aliphatic carbocycles. The SMILES string of the molecule is Nc1ccc(-n2ccc(C(=O)Nc3cccnc3)n2)cc1. The zero-order valence-corrected chi connectivity index (χ0v) is 11.1. The molecule has 0 saturated heterocycles. The Hall–Kier alpha value is -3.15. The summed E-state index contributed by atoms with van der Waals surface area (Å²) in [7, 11) is 0. The minimum absolute atomic E-state index is 0.280. The number of anilines is 2. The van der Waals surface area contributed by atoms with Gasteiger partial charge in [-0.25, -0.2) is 4.68 Å². The first-order valence-corrected chi connectivity index (χ1v) is 6.35. The maximum Gasteiger partial charge on any atom is 0.276 e. The summed E-state index contributed by atoms with van der Waals surface area (Å²) in [5.74, 6) is -0.280. The third-order valence-corrected chi connectivity index (χ3v) is 2.90. The molecule has 21 heavy (non-hydrogen) atoms. The predicted molar refractivity (Wildman–Crippen MR) is 80.2 cm³/mol. The summed E-state index contributed by atoms with van der Waals surface area (Å²) < 4.78 is 1.62. The zero-order chi connectivity index (χ0) is 14.7. The number of nitrogen functional groups attached to an aromatic ring is 1. The minimum atomic E-state index is -0.280. The fraction of sp³-hybridized carbons (Fsp3) is 0. The largest absolute Gasteiger partial charge is 0.399 e. The van der Waals surface area contributed by atoms with Crippen molar-refractivity contribution >= 4 is 17.3 Å². The Balaban J connectivity index is 1.78. The van der Waals surface area contributed by atoms with Crippen LogP contribution in [0.25, 0.3) is 5.69 Å². The van der Waals surface area contributed by atoms with Crippen molar-refractivity contribution in [3.05, 3.63) is 66.7 Å². The van der Waals surface area contributed by atoms with Gasteiger partial charge in [0.05, 0.1) is 17.6 Å². The summed E-state index contributed by atoms with van der Waals surface area (Å²) in [5.41, 5.74) is 8.12. The number of carbonyl (C=O) groups excluding carboxylic acids is 1. The van der Waals surface area contributed by atoms with E-state index < -0.39 is 0 Å². The van der Waals surface area contributed by atoms with Crippen LogP contribution in [0.2, 0.25) is 0 Å². The van der Waals surface area contributed by atoms with Crippen molar-refractivity contribution in [2.45, 2.75) is 0 Å². The lowest BCUT2D eigenvalue weighted by Gasteiger charge is -2.03. The van der Waals surface area contributed by atoms with Gasteiger partial charge in [0.25, 0.3) is 5.91 Å². The lowest BCUT2D eigenvalue weighted by atomic mass is 10.3. The highest BCUT2D eigenvalue weighted by atomic mass is 16.1. The summed E-state index contributed by atoms with van der Waals surface area (Å²) in [4.78, 5) is 16.0. The maximum atomic E-state index is 12.1. The van der Waals surface area contributed by atoms with Crippen LogP contribution < -0.4 is 11.1 Å². The molecular weight excluding hydrogens is 266 g/mol. The number of nitrogens with two attached hydrogens (primary N) is 1. The van der Waals surface area contributed by atoms with Gasteiger partial charge in [0.2, 0.25) is 0 Å². The quantitative estimate of drug-likeness (QED) is 0.719. The van der Waals surface area contributed by atoms with Crippen LogP contribution in [-0.2, 0) is 0 Å². The van der Waals surface area contributed by atoms with Crippen molar-refractivity contribution in [2.75, 3.05) is 11.1 Å². The number of benzene rings is 1. The number of amides is 1. The number of hydrogen-bond acceptors (Lipinski definition) is 4. The minimum Gasteiger partial charge on any atom is -0.399 e. The van der Waals surface area contributed by atoms with Gasteiger partial charge < -0.3 is 11.1 Å². The standard InChI is InChI=1S/C15H13N5O/c16-11-3-5-13(6-4-11)20-9-7-14(19-20)15(21)18-12-2-1-8-17-10-12/h1-10H,16H2,(H,18,21). The highest BCUT2D eigenvalue weighted by Crippen LogP contribution is 2.11. The van der Waals surface area contributed by atoms with Crippen molar-refractivity contribution < 1.29 is 4.79 Å². The van der Waals surface area contributed by atoms with Gasteiger partial charge in [0, 0.05) is 18.1 Å². The topological polar surface area (TPSA) is 85.8 Å². The second-order valence-electron chi connectivity index (χ2n) is 4.43. The number of hydrogen-bond donors (Lipinski definition) is 2. The summed E-state index contributed by atoms with van der Waals surface area (Å²) in [5, 5.41) is 6.98. The summed E-state index contributed by atoms with van der Waals surface area (Å²) in [6.07, 6.45) is 4.95. The van der Waals surface area contributed by atoms with Crippen LogP contribution >= 0.6 is 0 Å². The highest BCUT2D eigenvalue weighted by molar-refractivity contribution is 6.02. The van der Waals surface area contributed by atoms with Crippen LogP contribution in [0.15, 0.2) is 61.1 Å². The van der Waals surface area contributed by atoms with E-state index in [2.05, 4.69) is 15.4 Å². The second-order valence-corrected chi connectivity index (χ2v) is 4.43. The van der Waals surface area contributed by atoms with E-state index in [0.29, 0.717) is 17.1 Å². The molecule has 0 radical (unpaired) electrons. The van der Waals surface area contributed by atoms with Crippen LogP contribution in [0.1, 0.15) is 10.5 Å². The predicted octanol–water partition coefficient (Wildman–Crippen LogP) is 2.10. The molecule has 0 spiro atoms. The van der Waals surface area contributed by atoms with Gasteiger partial charge >= 0.3 is 0 Å². The van der Waals surface area contributed by atoms with E-state index in [1.165, 1.54) is 0 Å². The van der Waals surface area contributed by atoms with Gasteiger partial charge in [-0.05, 0) is 42.5 Å². The Morgan fingerprint density at radius 1 is 1.14 bits per heavy atom. The van der Waals surface area contributed by atoms with Gasteiger partial charge in [0.1, 0.15) is 0 Å². The molecule has 0 aliphatic rings. The van der Waals surface area contributed by atoms with Crippen molar-refractivity contribution in [2.24, 2.45) is 0 Å². The molecule has 6 heteroatoms. The molecule has 104 valence electrons. The van der Waals surface area contributed by atoms with Crippen molar-refractivity contribution in [3.63, 3.8) is 0 Å². The number of rotatable bonds is 3. The van der Waals surface area contributed by atoms with E-state index in [0.717, 1.165) is 5.69 Å². The van der Waals surface area contributed by atoms with Gasteiger partial charge in [-0.2, -0.15) is 5.10 Å². The Morgan fingerprint density at radius 2 is 1.95 bits per heavy atom. The Bertz CT molecular complexity index is 749. The average Bonchev–Trinajstić information content (AvgIpc) is 2.99. The smallest absolute Gasteiger partial charge is 0.276 e. The van der Waals surface area contributed by atoms with E-state index in [1.807, 2.05) is 12.1 Å². The van der Waals surface area contributed by atoms with Crippen LogP contribution in [0.5, 0.6) is 0 Å². The van der Waals surface area contributed by atoms with E-state index >= 15 is 0 Å². The first-order chi connectivity index (χ1) is 10.2. The van der Waals surface area contributed by atoms with Crippen molar-refractivity contribution in [1.29, 1.82) is 0 Å². The lowest BCUT2D eigenvalue weighted by molar-refractivity contribution is 0.102. The molecule has 1 aromatic carbocycles. The Morgan fingerprint density at radius 3 is 2.67 bits per heavy atom. The number of aromatic nitrogens is 3. The van der Waals surface area contributed by atoms with E-state index in [1.54, 1.807) is 53.6 Å². The normalized spacial score (nSPS) is 10.3. The molecule has 2 heterocycles. The third kappa shape index (κ3) is 2.89. The molecule has 0 bridgehead atoms. The van der Waals surface area contributed by atoms with Gasteiger partial charge in [-0.15, -0.1) is 0 Å². The molecule has 3 aromatic rings. The molecule has 3 rings (SSSR count). The summed E-state index contributed by atoms with van der Waals surface area (Å²) in [6, 6.07) is 12.4. The highest BCUT2D eigenvalue weighted by Gasteiger charge is 2.10. The van der Waals surface area contributed by atoms with Gasteiger partial charge in [-0.1, -0.05) is 0 Å². The first kappa shape index (κ1) is 12.9. The Kier molecular flexibility index (Phi) is 3.34. The zero-order valence-electron chi connectivity index (χ0n) is 11.1. The first-order valence-electron chi connectivity index (χ1n) is 6.35. The molecule has 0 fully saturated rings.